The van der Waals surface area contributed by atoms with Crippen LogP contribution in [0.1, 0.15) is 226 Å². The Balaban J connectivity index is 2.75. The van der Waals surface area contributed by atoms with Gasteiger partial charge in [0.15, 0.2) is 24.6 Å². The monoisotopic (exact) mass is 1150 g/mol. The number of rotatable bonds is 52. The quantitative estimate of drug-likeness (QED) is 0.0228. The summed E-state index contributed by atoms with van der Waals surface area (Å²) in [5.74, 6) is -3.30. The van der Waals surface area contributed by atoms with Crippen LogP contribution in [-0.2, 0) is 42.9 Å². The predicted octanol–water partition coefficient (Wildman–Crippen LogP) is 17.1. The number of carbonyl (C=O) groups excluding carboxylic acids is 3. The van der Waals surface area contributed by atoms with E-state index in [1.807, 2.05) is 24.3 Å². The van der Waals surface area contributed by atoms with Gasteiger partial charge in [-0.3, -0.25) is 14.4 Å². The summed E-state index contributed by atoms with van der Waals surface area (Å²) in [5.41, 5.74) is 0. The number of hydrogen-bond acceptors (Lipinski definition) is 11. The molecule has 0 aliphatic carbocycles. The van der Waals surface area contributed by atoms with E-state index in [0.29, 0.717) is 32.1 Å². The minimum absolute atomic E-state index is 0.0330. The van der Waals surface area contributed by atoms with E-state index >= 15 is 0 Å². The molecule has 12 nitrogen and oxygen atoms in total. The lowest BCUT2D eigenvalue weighted by atomic mass is 9.98. The number of unbranched alkanes of at least 4 members (excludes halogenated alkanes) is 14. The van der Waals surface area contributed by atoms with Crippen molar-refractivity contribution < 1.29 is 58.2 Å². The molecule has 6 atom stereocenters. The number of carbonyl (C=O) groups is 4. The largest absolute Gasteiger partial charge is 0.479 e. The fraction of sp³-hybridized carbons (Fsp3) is 0.606. The van der Waals surface area contributed by atoms with Crippen LogP contribution >= 0.6 is 0 Å². The second-order valence-electron chi connectivity index (χ2n) is 20.9. The molecular weight excluding hydrogens is 1040 g/mol. The third-order valence-corrected chi connectivity index (χ3v) is 13.4. The zero-order valence-corrected chi connectivity index (χ0v) is 51.4. The third kappa shape index (κ3) is 46.6. The zero-order chi connectivity index (χ0) is 60.3. The first kappa shape index (κ1) is 75.6. The van der Waals surface area contributed by atoms with Crippen LogP contribution in [0.15, 0.2) is 146 Å². The Morgan fingerprint density at radius 2 is 0.771 bits per heavy atom. The fourth-order valence-corrected chi connectivity index (χ4v) is 8.59. The van der Waals surface area contributed by atoms with Crippen molar-refractivity contribution >= 4 is 23.9 Å². The molecule has 466 valence electrons. The normalized spacial score (nSPS) is 18.6. The van der Waals surface area contributed by atoms with E-state index in [0.717, 1.165) is 103 Å². The highest BCUT2D eigenvalue weighted by molar-refractivity contribution is 5.74. The van der Waals surface area contributed by atoms with Gasteiger partial charge in [-0.25, -0.2) is 4.79 Å². The second kappa shape index (κ2) is 57.1. The van der Waals surface area contributed by atoms with Gasteiger partial charge in [-0.1, -0.05) is 224 Å². The summed E-state index contributed by atoms with van der Waals surface area (Å²) in [5, 5.41) is 31.6. The molecule has 0 aromatic carbocycles. The molecule has 0 radical (unpaired) electrons. The van der Waals surface area contributed by atoms with Gasteiger partial charge in [-0.15, -0.1) is 0 Å². The third-order valence-electron chi connectivity index (χ3n) is 13.4. The SMILES string of the molecule is CC/C=C\C/C=C\C/C=C\C/C=C\C/C=C\CCCC(=O)OC(COC(=O)CCCCCCCCCCC/C=C\C/C=C\CCCCC)COC1OC(C(=O)O)C(O)C(O)C1OC(=O)CCC/C=C\C/C=C\C/C=C\C/C=C\C/C=C\CC. The molecule has 1 aliphatic heterocycles. The lowest BCUT2D eigenvalue weighted by Crippen LogP contribution is -2.61. The summed E-state index contributed by atoms with van der Waals surface area (Å²) in [6.45, 7) is 5.67. The number of carboxylic acid groups (broad SMARTS) is 1. The van der Waals surface area contributed by atoms with Gasteiger partial charge in [-0.05, 0) is 128 Å². The second-order valence-corrected chi connectivity index (χ2v) is 20.9. The van der Waals surface area contributed by atoms with Gasteiger partial charge in [0.1, 0.15) is 18.8 Å². The molecule has 0 saturated carbocycles. The molecule has 12 heteroatoms. The minimum Gasteiger partial charge on any atom is -0.479 e. The Labute approximate surface area is 502 Å². The number of ether oxygens (including phenoxy) is 5. The molecule has 1 aliphatic rings. The maximum Gasteiger partial charge on any atom is 0.335 e. The number of hydrogen-bond donors (Lipinski definition) is 3. The Morgan fingerprint density at radius 3 is 1.19 bits per heavy atom. The highest BCUT2D eigenvalue weighted by Crippen LogP contribution is 2.26. The van der Waals surface area contributed by atoms with Crippen molar-refractivity contribution in [2.24, 2.45) is 0 Å². The van der Waals surface area contributed by atoms with E-state index in [9.17, 15) is 34.5 Å². The van der Waals surface area contributed by atoms with Crippen LogP contribution in [0.3, 0.4) is 0 Å². The van der Waals surface area contributed by atoms with Crippen molar-refractivity contribution in [1.82, 2.24) is 0 Å². The molecule has 1 saturated heterocycles. The smallest absolute Gasteiger partial charge is 0.335 e. The average Bonchev–Trinajstić information content (AvgIpc) is 3.59. The molecule has 83 heavy (non-hydrogen) atoms. The molecule has 3 N–H and O–H groups in total. The maximum absolute atomic E-state index is 13.2. The summed E-state index contributed by atoms with van der Waals surface area (Å²) < 4.78 is 28.4. The molecule has 0 bridgehead atoms. The van der Waals surface area contributed by atoms with E-state index in [1.54, 1.807) is 0 Å². The maximum atomic E-state index is 13.2. The summed E-state index contributed by atoms with van der Waals surface area (Å²) in [6, 6.07) is 0. The number of esters is 3. The van der Waals surface area contributed by atoms with Crippen LogP contribution < -0.4 is 0 Å². The van der Waals surface area contributed by atoms with Crippen molar-refractivity contribution in [2.45, 2.75) is 263 Å². The highest BCUT2D eigenvalue weighted by atomic mass is 16.7. The standard InChI is InChI=1S/C71H110O12/c1-4-7-10-13-16-19-22-25-28-31-32-35-36-39-42-45-48-51-54-57-63(72)79-60-62(81-64(73)58-55-52-49-46-43-40-37-33-29-26-23-20-17-14-11-8-5-2)61-80-71-69(67(76)66(75)68(83-71)70(77)78)82-65(74)59-56-53-50-47-44-41-38-34-30-27-24-21-18-15-12-9-6-3/h8-9,11-12,16-21,25-30,37-38,40-41,46-47,49-50,62,66-69,71,75-76H,4-7,10,13-15,22-24,31-36,39,42-45,48,51-61H2,1-3H3,(H,77,78)/b11-8-,12-9-,19-16-,20-17-,21-18-,28-25-,29-26-,30-27-,40-37-,41-38-,49-46-,50-47-. The van der Waals surface area contributed by atoms with Crippen molar-refractivity contribution in [3.8, 4) is 0 Å². The molecule has 1 rings (SSSR count). The molecule has 0 spiro atoms. The summed E-state index contributed by atoms with van der Waals surface area (Å²) >= 11 is 0. The van der Waals surface area contributed by atoms with Gasteiger partial charge in [0.05, 0.1) is 6.61 Å². The first-order chi connectivity index (χ1) is 40.6. The lowest BCUT2D eigenvalue weighted by molar-refractivity contribution is -0.301. The fourth-order valence-electron chi connectivity index (χ4n) is 8.59. The van der Waals surface area contributed by atoms with Gasteiger partial charge in [-0.2, -0.15) is 0 Å². The van der Waals surface area contributed by atoms with Gasteiger partial charge >= 0.3 is 23.9 Å². The number of aliphatic hydroxyl groups excluding tert-OH is 2. The van der Waals surface area contributed by atoms with Crippen LogP contribution in [0.2, 0.25) is 0 Å². The van der Waals surface area contributed by atoms with E-state index in [1.165, 1.54) is 51.4 Å². The van der Waals surface area contributed by atoms with Crippen molar-refractivity contribution in [3.05, 3.63) is 146 Å². The lowest BCUT2D eigenvalue weighted by Gasteiger charge is -2.40. The molecular formula is C71H110O12. The van der Waals surface area contributed by atoms with E-state index in [-0.39, 0.29) is 25.9 Å². The van der Waals surface area contributed by atoms with E-state index in [4.69, 9.17) is 23.7 Å². The first-order valence-corrected chi connectivity index (χ1v) is 31.8. The predicted molar refractivity (Wildman–Crippen MR) is 339 cm³/mol. The van der Waals surface area contributed by atoms with Crippen LogP contribution in [-0.4, -0.2) is 89.2 Å². The van der Waals surface area contributed by atoms with Crippen molar-refractivity contribution in [2.75, 3.05) is 13.2 Å². The molecule has 0 amide bonds. The first-order valence-electron chi connectivity index (χ1n) is 31.8. The molecule has 1 heterocycles. The van der Waals surface area contributed by atoms with Crippen LogP contribution in [0, 0.1) is 0 Å². The number of allylic oxidation sites excluding steroid dienone is 24. The van der Waals surface area contributed by atoms with Crippen LogP contribution in [0.5, 0.6) is 0 Å². The number of carboxylic acids is 1. The van der Waals surface area contributed by atoms with Gasteiger partial charge in [0, 0.05) is 19.3 Å². The molecule has 6 unspecified atom stereocenters. The Kier molecular flexibility index (Phi) is 52.0. The van der Waals surface area contributed by atoms with E-state index < -0.39 is 67.3 Å². The van der Waals surface area contributed by atoms with Crippen LogP contribution in [0.25, 0.3) is 0 Å². The van der Waals surface area contributed by atoms with Gasteiger partial charge in [0.2, 0.25) is 0 Å². The summed E-state index contributed by atoms with van der Waals surface area (Å²) in [7, 11) is 0. The zero-order valence-electron chi connectivity index (χ0n) is 51.4. The van der Waals surface area contributed by atoms with Crippen molar-refractivity contribution in [3.63, 3.8) is 0 Å². The van der Waals surface area contributed by atoms with Crippen LogP contribution in [0.4, 0.5) is 0 Å². The topological polar surface area (TPSA) is 175 Å². The van der Waals surface area contributed by atoms with Crippen molar-refractivity contribution in [1.29, 1.82) is 0 Å². The Bertz CT molecular complexity index is 2000. The van der Waals surface area contributed by atoms with Gasteiger partial charge < -0.3 is 39.0 Å². The average molecular weight is 1160 g/mol. The molecule has 1 fully saturated rings. The minimum atomic E-state index is -1.94. The summed E-state index contributed by atoms with van der Waals surface area (Å²) in [4.78, 5) is 51.3. The van der Waals surface area contributed by atoms with E-state index in [2.05, 4.69) is 142 Å². The number of aliphatic hydroxyl groups is 2. The highest BCUT2D eigenvalue weighted by Gasteiger charge is 2.50. The summed E-state index contributed by atoms with van der Waals surface area (Å²) in [6.07, 6.45) is 69.6. The Morgan fingerprint density at radius 1 is 0.410 bits per heavy atom. The molecule has 0 aromatic rings. The Hall–Kier alpha value is -5.40. The van der Waals surface area contributed by atoms with Gasteiger partial charge in [0.25, 0.3) is 0 Å². The number of aliphatic carboxylic acids is 1. The molecule has 0 aromatic heterocycles.